The van der Waals surface area contributed by atoms with Gasteiger partial charge < -0.3 is 25.6 Å². The van der Waals surface area contributed by atoms with E-state index in [1.54, 1.807) is 7.11 Å². The highest BCUT2D eigenvalue weighted by Crippen LogP contribution is 2.25. The highest BCUT2D eigenvalue weighted by atomic mass is 32.1. The van der Waals surface area contributed by atoms with Gasteiger partial charge in [-0.05, 0) is 124 Å². The number of hydrogen-bond acceptors (Lipinski definition) is 5. The predicted molar refractivity (Wildman–Crippen MR) is 196 cm³/mol. The fraction of sp³-hybridized carbons (Fsp3) is 0.342. The molecule has 6 heteroatoms. The molecule has 0 bridgehead atoms. The van der Waals surface area contributed by atoms with Crippen molar-refractivity contribution in [2.75, 3.05) is 28.0 Å². The summed E-state index contributed by atoms with van der Waals surface area (Å²) in [4.78, 5) is 2.08. The highest BCUT2D eigenvalue weighted by Gasteiger charge is 2.20. The van der Waals surface area contributed by atoms with E-state index in [-0.39, 0.29) is 6.04 Å². The molecule has 4 rings (SSSR count). The summed E-state index contributed by atoms with van der Waals surface area (Å²) in [5.74, 6) is 1.32. The average molecular weight is 611 g/mol. The summed E-state index contributed by atoms with van der Waals surface area (Å²) in [7, 11) is 1.63. The van der Waals surface area contributed by atoms with Crippen LogP contribution in [0, 0.1) is 11.8 Å². The lowest BCUT2D eigenvalue weighted by Gasteiger charge is -2.31. The Hall–Kier alpha value is -4.03. The first-order valence-corrected chi connectivity index (χ1v) is 16.0. The van der Waals surface area contributed by atoms with E-state index in [1.165, 1.54) is 12.1 Å². The van der Waals surface area contributed by atoms with Crippen molar-refractivity contribution >= 4 is 51.5 Å². The molecule has 0 saturated carbocycles. The molecule has 0 saturated heterocycles. The Morgan fingerprint density at radius 1 is 0.591 bits per heavy atom. The normalized spacial score (nSPS) is 12.0. The Morgan fingerprint density at radius 3 is 1.43 bits per heavy atom. The van der Waals surface area contributed by atoms with Gasteiger partial charge in [0.15, 0.2) is 0 Å². The fourth-order valence-electron chi connectivity index (χ4n) is 5.21. The zero-order valence-corrected chi connectivity index (χ0v) is 28.2. The van der Waals surface area contributed by atoms with Crippen molar-refractivity contribution in [3.05, 3.63) is 109 Å². The van der Waals surface area contributed by atoms with E-state index in [9.17, 15) is 0 Å². The summed E-state index contributed by atoms with van der Waals surface area (Å²) >= 11 is 5.41. The van der Waals surface area contributed by atoms with Gasteiger partial charge in [-0.25, -0.2) is 0 Å². The molecule has 0 amide bonds. The second-order valence-corrected chi connectivity index (χ2v) is 12.4. The Balaban J connectivity index is 0.000000244. The van der Waals surface area contributed by atoms with Crippen molar-refractivity contribution in [1.29, 1.82) is 0 Å². The van der Waals surface area contributed by atoms with E-state index in [4.69, 9.17) is 17.0 Å². The van der Waals surface area contributed by atoms with Crippen LogP contribution >= 0.6 is 12.2 Å². The van der Waals surface area contributed by atoms with Gasteiger partial charge in [0, 0.05) is 46.2 Å². The second kappa shape index (κ2) is 17.9. The Kier molecular flexibility index (Phi) is 14.0. The maximum Gasteiger partial charge on any atom is 0.263 e. The number of para-hydroxylation sites is 2. The van der Waals surface area contributed by atoms with Gasteiger partial charge in [0.2, 0.25) is 0 Å². The van der Waals surface area contributed by atoms with Gasteiger partial charge in [-0.1, -0.05) is 64.1 Å². The summed E-state index contributed by atoms with van der Waals surface area (Å²) in [6.45, 7) is 13.4. The molecule has 5 nitrogen and oxygen atoms in total. The molecule has 0 spiro atoms. The molecule has 2 atom stereocenters. The minimum absolute atomic E-state index is 0.283. The molecular formula is C38H50N4OS. The van der Waals surface area contributed by atoms with Crippen LogP contribution < -0.4 is 20.9 Å². The van der Waals surface area contributed by atoms with E-state index >= 15 is 0 Å². The number of hydrogen-bond donors (Lipinski definition) is 3. The van der Waals surface area contributed by atoms with Crippen LogP contribution in [-0.4, -0.2) is 24.4 Å². The topological polar surface area (TPSA) is 48.6 Å². The summed E-state index contributed by atoms with van der Waals surface area (Å²) < 4.78 is 5.34. The lowest BCUT2D eigenvalue weighted by atomic mass is 10.0. The van der Waals surface area contributed by atoms with Crippen molar-refractivity contribution < 1.29 is 4.74 Å². The minimum atomic E-state index is 0.283. The zero-order valence-electron chi connectivity index (χ0n) is 27.4. The number of anilines is 6. The zero-order chi connectivity index (χ0) is 31.9. The van der Waals surface area contributed by atoms with E-state index in [0.29, 0.717) is 17.1 Å². The highest BCUT2D eigenvalue weighted by molar-refractivity contribution is 7.80. The molecule has 0 aliphatic carbocycles. The number of nitrogens with one attached hydrogen (secondary N) is 3. The SMILES string of the molecule is CC(C)CC(C)Nc1ccc(Nc2ccccc2)cc1.COC(=S)N(c1ccc(Nc2ccccc2)cc1)C(C)CC(C)C. The van der Waals surface area contributed by atoms with Crippen LogP contribution in [0.15, 0.2) is 109 Å². The van der Waals surface area contributed by atoms with Crippen LogP contribution in [0.1, 0.15) is 54.4 Å². The lowest BCUT2D eigenvalue weighted by molar-refractivity contribution is 0.390. The minimum Gasteiger partial charge on any atom is -0.474 e. The van der Waals surface area contributed by atoms with Gasteiger partial charge in [0.05, 0.1) is 7.11 Å². The number of nitrogens with zero attached hydrogens (tertiary/aromatic N) is 1. The van der Waals surface area contributed by atoms with Crippen LogP contribution in [0.2, 0.25) is 0 Å². The second-order valence-electron chi connectivity index (χ2n) is 12.1. The third-order valence-electron chi connectivity index (χ3n) is 7.02. The Labute approximate surface area is 271 Å². The molecule has 0 aromatic heterocycles. The lowest BCUT2D eigenvalue weighted by Crippen LogP contribution is -2.39. The number of thiocarbonyl (C=S) groups is 1. The van der Waals surface area contributed by atoms with E-state index in [1.807, 2.05) is 48.5 Å². The van der Waals surface area contributed by atoms with E-state index < -0.39 is 0 Å². The number of benzene rings is 4. The monoisotopic (exact) mass is 610 g/mol. The smallest absolute Gasteiger partial charge is 0.263 e. The van der Waals surface area contributed by atoms with Crippen molar-refractivity contribution in [1.82, 2.24) is 0 Å². The first kappa shape index (κ1) is 34.5. The van der Waals surface area contributed by atoms with E-state index in [0.717, 1.165) is 40.8 Å². The summed E-state index contributed by atoms with van der Waals surface area (Å²) in [5, 5.41) is 10.8. The maximum atomic E-state index is 5.41. The van der Waals surface area contributed by atoms with Crippen molar-refractivity contribution in [3.8, 4) is 0 Å². The molecule has 0 radical (unpaired) electrons. The summed E-state index contributed by atoms with van der Waals surface area (Å²) in [6, 6.07) is 37.9. The molecule has 3 N–H and O–H groups in total. The third-order valence-corrected chi connectivity index (χ3v) is 7.38. The van der Waals surface area contributed by atoms with Crippen LogP contribution in [0.5, 0.6) is 0 Å². The molecule has 0 heterocycles. The first-order valence-electron chi connectivity index (χ1n) is 15.6. The molecule has 234 valence electrons. The molecule has 0 aliphatic rings. The molecular weight excluding hydrogens is 561 g/mol. The van der Waals surface area contributed by atoms with Crippen LogP contribution in [-0.2, 0) is 4.74 Å². The average Bonchev–Trinajstić information content (AvgIpc) is 3.00. The first-order chi connectivity index (χ1) is 21.1. The molecule has 2 unspecified atom stereocenters. The van der Waals surface area contributed by atoms with Crippen LogP contribution in [0.25, 0.3) is 0 Å². The quantitative estimate of drug-likeness (QED) is 0.139. The molecule has 4 aromatic carbocycles. The molecule has 4 aromatic rings. The van der Waals surface area contributed by atoms with Crippen molar-refractivity contribution in [2.45, 2.75) is 66.5 Å². The number of rotatable bonds is 12. The van der Waals surface area contributed by atoms with Gasteiger partial charge in [-0.3, -0.25) is 0 Å². The molecule has 0 fully saturated rings. The number of methoxy groups -OCH3 is 1. The number of ether oxygens (including phenoxy) is 1. The Bertz CT molecular complexity index is 1360. The van der Waals surface area contributed by atoms with Gasteiger partial charge in [0.1, 0.15) is 0 Å². The van der Waals surface area contributed by atoms with Crippen LogP contribution in [0.4, 0.5) is 34.1 Å². The molecule has 44 heavy (non-hydrogen) atoms. The van der Waals surface area contributed by atoms with Gasteiger partial charge in [-0.2, -0.15) is 0 Å². The molecule has 0 aliphatic heterocycles. The van der Waals surface area contributed by atoms with Gasteiger partial charge >= 0.3 is 0 Å². The maximum absolute atomic E-state index is 5.41. The fourth-order valence-corrected chi connectivity index (χ4v) is 5.49. The predicted octanol–water partition coefficient (Wildman–Crippen LogP) is 10.9. The van der Waals surface area contributed by atoms with Crippen molar-refractivity contribution in [3.63, 3.8) is 0 Å². The van der Waals surface area contributed by atoms with Gasteiger partial charge in [0.25, 0.3) is 5.17 Å². The van der Waals surface area contributed by atoms with Crippen LogP contribution in [0.3, 0.4) is 0 Å². The van der Waals surface area contributed by atoms with Crippen molar-refractivity contribution in [2.24, 2.45) is 11.8 Å². The van der Waals surface area contributed by atoms with E-state index in [2.05, 4.69) is 123 Å². The largest absolute Gasteiger partial charge is 0.474 e. The van der Waals surface area contributed by atoms with Gasteiger partial charge in [-0.15, -0.1) is 0 Å². The Morgan fingerprint density at radius 2 is 1.00 bits per heavy atom. The summed E-state index contributed by atoms with van der Waals surface area (Å²) in [6.07, 6.45) is 2.23. The standard InChI is InChI=1S/C20H26N2OS.C18H24N2/c1-15(2)14-16(3)22(20(24)23-4)19-12-10-18(11-13-19)21-17-8-6-5-7-9-17;1-14(2)13-15(3)19-17-9-11-18(12-10-17)20-16-7-5-4-6-8-16/h5-13,15-16,21H,14H2,1-4H3;4-12,14-15,19-20H,13H2,1-3H3. The third kappa shape index (κ3) is 11.9. The summed E-state index contributed by atoms with van der Waals surface area (Å²) in [5.41, 5.74) is 6.57.